The largest absolute Gasteiger partial charge is 0.378 e. The van der Waals surface area contributed by atoms with Crippen LogP contribution < -0.4 is 5.32 Å². The molecule has 0 fully saturated rings. The number of aromatic nitrogens is 3. The maximum atomic E-state index is 13.8. The highest BCUT2D eigenvalue weighted by atomic mass is 79.9. The fraction of sp³-hybridized carbons (Fsp3) is 0.0667. The molecular formula is C15H12BrFN4. The Balaban J connectivity index is 1.83. The van der Waals surface area contributed by atoms with Crippen LogP contribution >= 0.6 is 15.9 Å². The lowest BCUT2D eigenvalue weighted by Crippen LogP contribution is -2.02. The van der Waals surface area contributed by atoms with Crippen molar-refractivity contribution in [1.29, 1.82) is 0 Å². The Morgan fingerprint density at radius 3 is 2.86 bits per heavy atom. The maximum Gasteiger partial charge on any atom is 0.147 e. The van der Waals surface area contributed by atoms with Crippen LogP contribution in [0, 0.1) is 5.82 Å². The normalized spacial score (nSPS) is 10.6. The van der Waals surface area contributed by atoms with Crippen LogP contribution in [-0.4, -0.2) is 15.2 Å². The summed E-state index contributed by atoms with van der Waals surface area (Å²) >= 11 is 3.34. The van der Waals surface area contributed by atoms with Crippen molar-refractivity contribution in [2.45, 2.75) is 6.54 Å². The first-order chi connectivity index (χ1) is 10.3. The van der Waals surface area contributed by atoms with Crippen LogP contribution in [0.3, 0.4) is 0 Å². The van der Waals surface area contributed by atoms with Crippen molar-refractivity contribution >= 4 is 21.6 Å². The van der Waals surface area contributed by atoms with Crippen molar-refractivity contribution in [3.63, 3.8) is 0 Å². The molecule has 0 radical (unpaired) electrons. The number of H-pyrrole nitrogens is 1. The summed E-state index contributed by atoms with van der Waals surface area (Å²) in [4.78, 5) is 4.09. The highest BCUT2D eigenvalue weighted by Gasteiger charge is 2.10. The molecule has 21 heavy (non-hydrogen) atoms. The lowest BCUT2D eigenvalue weighted by atomic mass is 10.1. The maximum absolute atomic E-state index is 13.8. The minimum Gasteiger partial charge on any atom is -0.378 e. The van der Waals surface area contributed by atoms with E-state index < -0.39 is 0 Å². The van der Waals surface area contributed by atoms with Crippen LogP contribution in [-0.2, 0) is 6.54 Å². The van der Waals surface area contributed by atoms with Crippen LogP contribution in [0.4, 0.5) is 10.1 Å². The topological polar surface area (TPSA) is 53.6 Å². The van der Waals surface area contributed by atoms with Crippen molar-refractivity contribution in [1.82, 2.24) is 15.2 Å². The Bertz CT molecular complexity index is 722. The Labute approximate surface area is 129 Å². The van der Waals surface area contributed by atoms with Gasteiger partial charge in [0.2, 0.25) is 0 Å². The number of aromatic amines is 1. The summed E-state index contributed by atoms with van der Waals surface area (Å²) in [7, 11) is 0. The average Bonchev–Trinajstić information content (AvgIpc) is 2.96. The van der Waals surface area contributed by atoms with E-state index in [9.17, 15) is 4.39 Å². The fourth-order valence-electron chi connectivity index (χ4n) is 2.06. The van der Waals surface area contributed by atoms with E-state index in [1.807, 2.05) is 12.1 Å². The van der Waals surface area contributed by atoms with Crippen LogP contribution in [0.25, 0.3) is 11.3 Å². The van der Waals surface area contributed by atoms with E-state index in [1.165, 1.54) is 6.07 Å². The van der Waals surface area contributed by atoms with Gasteiger partial charge in [-0.2, -0.15) is 5.10 Å². The molecule has 106 valence electrons. The number of nitrogens with zero attached hydrogens (tertiary/aromatic N) is 2. The standard InChI is InChI=1S/C15H12BrFN4/c16-12-4-1-5-13(17)15(12)19-8-11-9-20-21-14(11)10-3-2-6-18-7-10/h1-7,9,19H,8H2,(H,20,21). The number of benzene rings is 1. The molecule has 0 aliphatic heterocycles. The van der Waals surface area contributed by atoms with Crippen LogP contribution in [0.5, 0.6) is 0 Å². The van der Waals surface area contributed by atoms with Crippen LogP contribution in [0.2, 0.25) is 0 Å². The molecular weight excluding hydrogens is 335 g/mol. The van der Waals surface area contributed by atoms with E-state index in [1.54, 1.807) is 30.7 Å². The molecule has 0 aliphatic rings. The smallest absolute Gasteiger partial charge is 0.147 e. The van der Waals surface area contributed by atoms with Gasteiger partial charge in [0.25, 0.3) is 0 Å². The number of rotatable bonds is 4. The highest BCUT2D eigenvalue weighted by molar-refractivity contribution is 9.10. The molecule has 0 saturated carbocycles. The number of anilines is 1. The number of halogens is 2. The van der Waals surface area contributed by atoms with Crippen LogP contribution in [0.15, 0.2) is 53.4 Å². The lowest BCUT2D eigenvalue weighted by molar-refractivity contribution is 0.629. The molecule has 2 aromatic heterocycles. The number of nitrogens with one attached hydrogen (secondary N) is 2. The highest BCUT2D eigenvalue weighted by Crippen LogP contribution is 2.27. The van der Waals surface area contributed by atoms with Gasteiger partial charge in [-0.05, 0) is 40.2 Å². The number of para-hydroxylation sites is 1. The predicted molar refractivity (Wildman–Crippen MR) is 83.2 cm³/mol. The van der Waals surface area contributed by atoms with Gasteiger partial charge in [-0.3, -0.25) is 10.1 Å². The van der Waals surface area contributed by atoms with E-state index in [0.717, 1.165) is 16.8 Å². The molecule has 2 heterocycles. The third-order valence-corrected chi connectivity index (χ3v) is 3.75. The molecule has 0 saturated heterocycles. The summed E-state index contributed by atoms with van der Waals surface area (Å²) in [6.45, 7) is 0.459. The molecule has 0 bridgehead atoms. The van der Waals surface area contributed by atoms with Crippen molar-refractivity contribution in [2.75, 3.05) is 5.32 Å². The van der Waals surface area contributed by atoms with Crippen molar-refractivity contribution < 1.29 is 4.39 Å². The second kappa shape index (κ2) is 6.05. The molecule has 2 N–H and O–H groups in total. The molecule has 0 unspecified atom stereocenters. The first-order valence-corrected chi connectivity index (χ1v) is 7.15. The first kappa shape index (κ1) is 13.8. The quantitative estimate of drug-likeness (QED) is 0.751. The van der Waals surface area contributed by atoms with Gasteiger partial charge < -0.3 is 5.32 Å². The van der Waals surface area contributed by atoms with Gasteiger partial charge in [0.1, 0.15) is 5.82 Å². The number of pyridine rings is 1. The molecule has 0 spiro atoms. The van der Waals surface area contributed by atoms with E-state index >= 15 is 0 Å². The second-order valence-corrected chi connectivity index (χ2v) is 5.32. The van der Waals surface area contributed by atoms with Gasteiger partial charge in [0.15, 0.2) is 0 Å². The van der Waals surface area contributed by atoms with Crippen molar-refractivity contribution in [3.8, 4) is 11.3 Å². The van der Waals surface area contributed by atoms with Gasteiger partial charge >= 0.3 is 0 Å². The summed E-state index contributed by atoms with van der Waals surface area (Å²) in [6.07, 6.45) is 5.20. The minimum absolute atomic E-state index is 0.296. The third-order valence-electron chi connectivity index (χ3n) is 3.09. The van der Waals surface area contributed by atoms with E-state index in [2.05, 4.69) is 36.4 Å². The third kappa shape index (κ3) is 2.95. The van der Waals surface area contributed by atoms with Crippen molar-refractivity contribution in [2.24, 2.45) is 0 Å². The van der Waals surface area contributed by atoms with E-state index in [0.29, 0.717) is 16.7 Å². The molecule has 6 heteroatoms. The number of hydrogen-bond acceptors (Lipinski definition) is 3. The molecule has 0 aliphatic carbocycles. The molecule has 0 amide bonds. The first-order valence-electron chi connectivity index (χ1n) is 6.36. The number of hydrogen-bond donors (Lipinski definition) is 2. The van der Waals surface area contributed by atoms with Gasteiger partial charge in [-0.25, -0.2) is 4.39 Å². The molecule has 4 nitrogen and oxygen atoms in total. The SMILES string of the molecule is Fc1cccc(Br)c1NCc1cn[nH]c1-c1cccnc1. The molecule has 3 aromatic rings. The zero-order valence-electron chi connectivity index (χ0n) is 11.0. The van der Waals surface area contributed by atoms with E-state index in [-0.39, 0.29) is 5.82 Å². The monoisotopic (exact) mass is 346 g/mol. The minimum atomic E-state index is -0.296. The van der Waals surface area contributed by atoms with Gasteiger partial charge in [0.05, 0.1) is 17.6 Å². The van der Waals surface area contributed by atoms with Crippen LogP contribution in [0.1, 0.15) is 5.56 Å². The Morgan fingerprint density at radius 2 is 2.10 bits per heavy atom. The predicted octanol–water partition coefficient (Wildman–Crippen LogP) is 3.99. The molecule has 1 aromatic carbocycles. The summed E-state index contributed by atoms with van der Waals surface area (Å²) in [5.41, 5.74) is 3.21. The zero-order chi connectivity index (χ0) is 14.7. The molecule has 3 rings (SSSR count). The summed E-state index contributed by atoms with van der Waals surface area (Å²) in [5, 5.41) is 10.1. The summed E-state index contributed by atoms with van der Waals surface area (Å²) in [5.74, 6) is -0.296. The van der Waals surface area contributed by atoms with Crippen molar-refractivity contribution in [3.05, 3.63) is 64.8 Å². The zero-order valence-corrected chi connectivity index (χ0v) is 12.6. The molecule has 0 atom stereocenters. The lowest BCUT2D eigenvalue weighted by Gasteiger charge is -2.09. The Hall–Kier alpha value is -2.21. The Kier molecular flexibility index (Phi) is 3.96. The Morgan fingerprint density at radius 1 is 1.19 bits per heavy atom. The van der Waals surface area contributed by atoms with Gasteiger partial charge in [-0.15, -0.1) is 0 Å². The second-order valence-electron chi connectivity index (χ2n) is 4.46. The van der Waals surface area contributed by atoms with Gasteiger partial charge in [-0.1, -0.05) is 6.07 Å². The van der Waals surface area contributed by atoms with E-state index in [4.69, 9.17) is 0 Å². The van der Waals surface area contributed by atoms with Gasteiger partial charge in [0, 0.05) is 34.5 Å². The summed E-state index contributed by atoms with van der Waals surface area (Å²) in [6, 6.07) is 8.68. The fourth-order valence-corrected chi connectivity index (χ4v) is 2.54. The average molecular weight is 347 g/mol. The summed E-state index contributed by atoms with van der Waals surface area (Å²) < 4.78 is 14.5.